The second kappa shape index (κ2) is 6.15. The molecule has 1 aliphatic rings. The van der Waals surface area contributed by atoms with E-state index in [2.05, 4.69) is 10.3 Å². The fourth-order valence-corrected chi connectivity index (χ4v) is 2.54. The molecule has 0 spiro atoms. The zero-order valence-corrected chi connectivity index (χ0v) is 13.8. The second-order valence-corrected chi connectivity index (χ2v) is 6.61. The Kier molecular flexibility index (Phi) is 4.68. The van der Waals surface area contributed by atoms with Crippen LogP contribution >= 0.6 is 23.8 Å². The molecule has 1 aromatic heterocycles. The summed E-state index contributed by atoms with van der Waals surface area (Å²) in [6.45, 7) is 6.64. The van der Waals surface area contributed by atoms with E-state index in [1.165, 1.54) is 0 Å². The Balaban J connectivity index is 2.27. The van der Waals surface area contributed by atoms with Crippen LogP contribution in [0.2, 0.25) is 5.15 Å². The molecule has 1 saturated heterocycles. The highest BCUT2D eigenvalue weighted by Gasteiger charge is 2.34. The molecule has 0 saturated carbocycles. The quantitative estimate of drug-likeness (QED) is 0.635. The summed E-state index contributed by atoms with van der Waals surface area (Å²) < 4.78 is 5.45. The summed E-state index contributed by atoms with van der Waals surface area (Å²) in [6.07, 6.45) is 1.25. The number of amides is 1. The lowest BCUT2D eigenvalue weighted by atomic mass is 10.1. The fourth-order valence-electron chi connectivity index (χ4n) is 2.06. The van der Waals surface area contributed by atoms with Crippen molar-refractivity contribution in [2.24, 2.45) is 0 Å². The van der Waals surface area contributed by atoms with Crippen LogP contribution in [-0.4, -0.2) is 39.7 Å². The first-order valence-electron chi connectivity index (χ1n) is 6.67. The number of aromatic nitrogens is 1. The zero-order chi connectivity index (χ0) is 15.6. The molecule has 1 aliphatic heterocycles. The highest BCUT2D eigenvalue weighted by atomic mass is 35.5. The van der Waals surface area contributed by atoms with Crippen LogP contribution in [0.1, 0.15) is 32.4 Å². The molecule has 1 fully saturated rings. The van der Waals surface area contributed by atoms with Gasteiger partial charge in [-0.3, -0.25) is 4.90 Å². The van der Waals surface area contributed by atoms with E-state index in [9.17, 15) is 4.79 Å². The molecule has 0 aromatic carbocycles. The summed E-state index contributed by atoms with van der Waals surface area (Å²) in [5.41, 5.74) is 0.259. The van der Waals surface area contributed by atoms with Gasteiger partial charge in [0.1, 0.15) is 21.8 Å². The van der Waals surface area contributed by atoms with Crippen LogP contribution in [0.5, 0.6) is 0 Å². The highest BCUT2D eigenvalue weighted by molar-refractivity contribution is 7.80. The number of thiocarbonyl (C=S) groups is 1. The molecular weight excluding hydrogens is 310 g/mol. The van der Waals surface area contributed by atoms with Gasteiger partial charge in [0.25, 0.3) is 0 Å². The number of ether oxygens (including phenoxy) is 1. The van der Waals surface area contributed by atoms with Crippen LogP contribution in [0.25, 0.3) is 0 Å². The lowest BCUT2D eigenvalue weighted by Crippen LogP contribution is -2.52. The molecule has 1 unspecified atom stereocenters. The average Bonchev–Trinajstić information content (AvgIpc) is 2.38. The van der Waals surface area contributed by atoms with Gasteiger partial charge in [-0.25, -0.2) is 9.78 Å². The van der Waals surface area contributed by atoms with Crippen molar-refractivity contribution in [3.63, 3.8) is 0 Å². The normalized spacial score (nSPS) is 19.1. The van der Waals surface area contributed by atoms with Crippen molar-refractivity contribution >= 4 is 34.9 Å². The van der Waals surface area contributed by atoms with Gasteiger partial charge in [0.15, 0.2) is 0 Å². The van der Waals surface area contributed by atoms with Gasteiger partial charge in [-0.05, 0) is 26.8 Å². The minimum Gasteiger partial charge on any atom is -0.444 e. The van der Waals surface area contributed by atoms with Crippen LogP contribution in [0.15, 0.2) is 18.3 Å². The van der Waals surface area contributed by atoms with Crippen molar-refractivity contribution in [1.82, 2.24) is 15.2 Å². The monoisotopic (exact) mass is 327 g/mol. The first-order chi connectivity index (χ1) is 9.78. The van der Waals surface area contributed by atoms with Crippen molar-refractivity contribution in [2.45, 2.75) is 32.4 Å². The largest absolute Gasteiger partial charge is 0.444 e. The number of hydrogen-bond acceptors (Lipinski definition) is 4. The van der Waals surface area contributed by atoms with Crippen molar-refractivity contribution in [3.05, 3.63) is 29.0 Å². The number of nitrogens with one attached hydrogen (secondary N) is 1. The van der Waals surface area contributed by atoms with Gasteiger partial charge in [0.05, 0.1) is 0 Å². The standard InChI is InChI=1S/C14H18ClN3O2S/c1-14(2,3)20-13(19)18-7-6-16-12(21)11(18)9-4-5-10(15)17-8-9/h4-5,8,11H,6-7H2,1-3H3,(H,16,21). The number of carbonyl (C=O) groups excluding carboxylic acids is 1. The molecule has 21 heavy (non-hydrogen) atoms. The lowest BCUT2D eigenvalue weighted by Gasteiger charge is -2.37. The zero-order valence-electron chi connectivity index (χ0n) is 12.2. The molecule has 114 valence electrons. The number of hydrogen-bond donors (Lipinski definition) is 1. The Bertz CT molecular complexity index is 542. The van der Waals surface area contributed by atoms with Crippen molar-refractivity contribution < 1.29 is 9.53 Å². The highest BCUT2D eigenvalue weighted by Crippen LogP contribution is 2.26. The molecule has 1 N–H and O–H groups in total. The molecule has 1 atom stereocenters. The van der Waals surface area contributed by atoms with Gasteiger partial charge in [0, 0.05) is 24.8 Å². The molecule has 2 heterocycles. The number of pyridine rings is 1. The third kappa shape index (κ3) is 4.04. The number of rotatable bonds is 1. The maximum Gasteiger partial charge on any atom is 0.411 e. The lowest BCUT2D eigenvalue weighted by molar-refractivity contribution is 0.0198. The molecule has 1 aromatic rings. The van der Waals surface area contributed by atoms with Crippen LogP contribution in [0.4, 0.5) is 4.79 Å². The van der Waals surface area contributed by atoms with E-state index in [0.717, 1.165) is 5.56 Å². The SMILES string of the molecule is CC(C)(C)OC(=O)N1CCNC(=S)C1c1ccc(Cl)nc1. The van der Waals surface area contributed by atoms with E-state index < -0.39 is 5.60 Å². The Morgan fingerprint density at radius 2 is 2.24 bits per heavy atom. The van der Waals surface area contributed by atoms with Crippen molar-refractivity contribution in [2.75, 3.05) is 13.1 Å². The van der Waals surface area contributed by atoms with Gasteiger partial charge < -0.3 is 10.1 Å². The molecule has 0 bridgehead atoms. The third-order valence-electron chi connectivity index (χ3n) is 2.91. The van der Waals surface area contributed by atoms with E-state index in [0.29, 0.717) is 23.2 Å². The summed E-state index contributed by atoms with van der Waals surface area (Å²) in [5.74, 6) is 0. The summed E-state index contributed by atoms with van der Waals surface area (Å²) in [4.78, 5) is 18.6. The van der Waals surface area contributed by atoms with Crippen molar-refractivity contribution in [3.8, 4) is 0 Å². The predicted octanol–water partition coefficient (Wildman–Crippen LogP) is 2.94. The Hall–Kier alpha value is -1.40. The van der Waals surface area contributed by atoms with E-state index in [4.69, 9.17) is 28.6 Å². The molecule has 2 rings (SSSR count). The summed E-state index contributed by atoms with van der Waals surface area (Å²) in [5, 5.41) is 3.51. The van der Waals surface area contributed by atoms with E-state index >= 15 is 0 Å². The number of carbonyl (C=O) groups is 1. The maximum absolute atomic E-state index is 12.4. The molecular formula is C14H18ClN3O2S. The van der Waals surface area contributed by atoms with Gasteiger partial charge in [-0.1, -0.05) is 29.9 Å². The Morgan fingerprint density at radius 1 is 1.52 bits per heavy atom. The first-order valence-corrected chi connectivity index (χ1v) is 7.45. The maximum atomic E-state index is 12.4. The van der Waals surface area contributed by atoms with Crippen molar-refractivity contribution in [1.29, 1.82) is 0 Å². The second-order valence-electron chi connectivity index (χ2n) is 5.78. The van der Waals surface area contributed by atoms with E-state index in [1.807, 2.05) is 26.8 Å². The summed E-state index contributed by atoms with van der Waals surface area (Å²) >= 11 is 11.2. The van der Waals surface area contributed by atoms with Gasteiger partial charge in [0.2, 0.25) is 0 Å². The van der Waals surface area contributed by atoms with E-state index in [-0.39, 0.29) is 12.1 Å². The van der Waals surface area contributed by atoms with Gasteiger partial charge >= 0.3 is 6.09 Å². The topological polar surface area (TPSA) is 54.5 Å². The minimum atomic E-state index is -0.549. The molecule has 7 heteroatoms. The Morgan fingerprint density at radius 3 is 2.81 bits per heavy atom. The van der Waals surface area contributed by atoms with E-state index in [1.54, 1.807) is 17.2 Å². The molecule has 0 aliphatic carbocycles. The molecule has 1 amide bonds. The summed E-state index contributed by atoms with van der Waals surface area (Å²) in [6, 6.07) is 3.12. The number of halogens is 1. The minimum absolute atomic E-state index is 0.381. The fraction of sp³-hybridized carbons (Fsp3) is 0.500. The number of nitrogens with zero attached hydrogens (tertiary/aromatic N) is 2. The summed E-state index contributed by atoms with van der Waals surface area (Å²) in [7, 11) is 0. The molecule has 5 nitrogen and oxygen atoms in total. The van der Waals surface area contributed by atoms with Gasteiger partial charge in [-0.15, -0.1) is 0 Å². The van der Waals surface area contributed by atoms with Crippen LogP contribution in [0.3, 0.4) is 0 Å². The number of piperazine rings is 1. The molecule has 0 radical (unpaired) electrons. The predicted molar refractivity (Wildman–Crippen MR) is 85.5 cm³/mol. The third-order valence-corrected chi connectivity index (χ3v) is 3.50. The van der Waals surface area contributed by atoms with Crippen LogP contribution < -0.4 is 5.32 Å². The van der Waals surface area contributed by atoms with Crippen LogP contribution in [-0.2, 0) is 4.74 Å². The van der Waals surface area contributed by atoms with Gasteiger partial charge in [-0.2, -0.15) is 0 Å². The Labute approximate surface area is 134 Å². The van der Waals surface area contributed by atoms with Crippen LogP contribution in [0, 0.1) is 0 Å². The smallest absolute Gasteiger partial charge is 0.411 e. The first kappa shape index (κ1) is 16.0. The average molecular weight is 328 g/mol.